The van der Waals surface area contributed by atoms with Crippen LogP contribution in [0.1, 0.15) is 0 Å². The molecule has 0 saturated carbocycles. The molecule has 0 spiro atoms. The van der Waals surface area contributed by atoms with Gasteiger partial charge < -0.3 is 4.42 Å². The molecule has 236 valence electrons. The van der Waals surface area contributed by atoms with Crippen molar-refractivity contribution in [3.8, 4) is 34.2 Å². The van der Waals surface area contributed by atoms with Crippen LogP contribution in [0.2, 0.25) is 0 Å². The van der Waals surface area contributed by atoms with Crippen LogP contribution in [-0.4, -0.2) is 19.9 Å². The molecule has 0 saturated heterocycles. The Morgan fingerprint density at radius 3 is 1.82 bits per heavy atom. The molecule has 0 aliphatic heterocycles. The molecule has 3 aromatic heterocycles. The Morgan fingerprint density at radius 2 is 0.961 bits per heavy atom. The number of nitrogens with zero attached hydrogens (tertiary/aromatic N) is 4. The summed E-state index contributed by atoms with van der Waals surface area (Å²) in [4.78, 5) is 20.7. The first-order valence-corrected chi connectivity index (χ1v) is 17.0. The fraction of sp³-hybridized carbons (Fsp3) is 0. The van der Waals surface area contributed by atoms with Crippen molar-refractivity contribution in [2.75, 3.05) is 0 Å². The number of hydrogen-bond acceptors (Lipinski definition) is 5. The van der Waals surface area contributed by atoms with E-state index < -0.39 is 0 Å². The summed E-state index contributed by atoms with van der Waals surface area (Å²) in [5.74, 6) is 1.74. The summed E-state index contributed by atoms with van der Waals surface area (Å²) >= 11 is 0. The quantitative estimate of drug-likeness (QED) is 0.178. The molecule has 0 radical (unpaired) electrons. The summed E-state index contributed by atoms with van der Waals surface area (Å²) < 4.78 is 6.29. The van der Waals surface area contributed by atoms with Crippen LogP contribution in [0.25, 0.3) is 110 Å². The van der Waals surface area contributed by atoms with Gasteiger partial charge in [-0.2, -0.15) is 0 Å². The number of pyridine rings is 1. The topological polar surface area (TPSA) is 64.7 Å². The van der Waals surface area contributed by atoms with Gasteiger partial charge in [-0.15, -0.1) is 0 Å². The largest absolute Gasteiger partial charge is 0.456 e. The van der Waals surface area contributed by atoms with Gasteiger partial charge in [-0.3, -0.25) is 4.98 Å². The van der Waals surface area contributed by atoms with E-state index in [2.05, 4.69) is 121 Å². The Bertz CT molecular complexity index is 3220. The first-order valence-electron chi connectivity index (χ1n) is 17.0. The lowest BCUT2D eigenvalue weighted by atomic mass is 9.97. The van der Waals surface area contributed by atoms with Crippen LogP contribution in [0.15, 0.2) is 162 Å². The molecule has 0 unspecified atom stereocenters. The maximum absolute atomic E-state index is 6.29. The SMILES string of the molecule is c1ccc2c(c1)ccc1ccc(-c3nc(-c4cccc5c4ncc4ccc6ccccc6c45)nc(-c4cccc5oc6ccccc6c45)n3)cc12. The Kier molecular flexibility index (Phi) is 5.89. The van der Waals surface area contributed by atoms with Crippen LogP contribution < -0.4 is 0 Å². The van der Waals surface area contributed by atoms with Crippen LogP contribution >= 0.6 is 0 Å². The molecule has 11 rings (SSSR count). The highest BCUT2D eigenvalue weighted by molar-refractivity contribution is 6.21. The monoisotopic (exact) mass is 650 g/mol. The van der Waals surface area contributed by atoms with Gasteiger partial charge in [-0.05, 0) is 56.6 Å². The number of rotatable bonds is 3. The molecule has 0 aliphatic rings. The third-order valence-corrected chi connectivity index (χ3v) is 10.1. The molecule has 8 aromatic carbocycles. The summed E-state index contributed by atoms with van der Waals surface area (Å²) in [5, 5.41) is 12.4. The lowest BCUT2D eigenvalue weighted by Crippen LogP contribution is -2.01. The first kappa shape index (κ1) is 27.9. The predicted octanol–water partition coefficient (Wildman–Crippen LogP) is 11.9. The zero-order chi connectivity index (χ0) is 33.5. The van der Waals surface area contributed by atoms with Gasteiger partial charge >= 0.3 is 0 Å². The zero-order valence-electron chi connectivity index (χ0n) is 27.2. The van der Waals surface area contributed by atoms with Gasteiger partial charge in [0.1, 0.15) is 11.2 Å². The van der Waals surface area contributed by atoms with Crippen molar-refractivity contribution >= 4 is 75.9 Å². The van der Waals surface area contributed by atoms with Crippen molar-refractivity contribution in [1.29, 1.82) is 0 Å². The molecule has 0 aliphatic carbocycles. The highest BCUT2D eigenvalue weighted by atomic mass is 16.3. The smallest absolute Gasteiger partial charge is 0.166 e. The number of hydrogen-bond donors (Lipinski definition) is 0. The Balaban J connectivity index is 1.21. The van der Waals surface area contributed by atoms with E-state index in [1.54, 1.807) is 0 Å². The van der Waals surface area contributed by atoms with Gasteiger partial charge in [0, 0.05) is 49.8 Å². The minimum atomic E-state index is 0.565. The van der Waals surface area contributed by atoms with Crippen LogP contribution in [0, 0.1) is 0 Å². The molecule has 0 amide bonds. The van der Waals surface area contributed by atoms with Gasteiger partial charge in [0.15, 0.2) is 17.5 Å². The average Bonchev–Trinajstić information content (AvgIpc) is 3.59. The lowest BCUT2D eigenvalue weighted by molar-refractivity contribution is 0.669. The molecule has 0 bridgehead atoms. The van der Waals surface area contributed by atoms with Crippen LogP contribution in [0.5, 0.6) is 0 Å². The first-order chi connectivity index (χ1) is 25.3. The van der Waals surface area contributed by atoms with Gasteiger partial charge in [0.05, 0.1) is 5.52 Å². The Hall–Kier alpha value is -6.98. The van der Waals surface area contributed by atoms with Crippen molar-refractivity contribution < 1.29 is 4.42 Å². The lowest BCUT2D eigenvalue weighted by Gasteiger charge is -2.13. The van der Waals surface area contributed by atoms with Crippen LogP contribution in [0.4, 0.5) is 0 Å². The number of aromatic nitrogens is 4. The number of benzene rings is 8. The third kappa shape index (κ3) is 4.28. The number of para-hydroxylation sites is 2. The van der Waals surface area contributed by atoms with E-state index in [-0.39, 0.29) is 0 Å². The van der Waals surface area contributed by atoms with Crippen LogP contribution in [0.3, 0.4) is 0 Å². The fourth-order valence-electron chi connectivity index (χ4n) is 7.74. The van der Waals surface area contributed by atoms with E-state index in [1.807, 2.05) is 36.5 Å². The molecule has 51 heavy (non-hydrogen) atoms. The van der Waals surface area contributed by atoms with Crippen LogP contribution in [-0.2, 0) is 0 Å². The average molecular weight is 651 g/mol. The molecule has 5 nitrogen and oxygen atoms in total. The fourth-order valence-corrected chi connectivity index (χ4v) is 7.74. The van der Waals surface area contributed by atoms with Gasteiger partial charge in [-0.25, -0.2) is 15.0 Å². The van der Waals surface area contributed by atoms with E-state index in [9.17, 15) is 0 Å². The molecule has 0 atom stereocenters. The molecule has 0 N–H and O–H groups in total. The minimum absolute atomic E-state index is 0.565. The molecule has 11 aromatic rings. The molecule has 3 heterocycles. The highest BCUT2D eigenvalue weighted by Gasteiger charge is 2.20. The van der Waals surface area contributed by atoms with Gasteiger partial charge in [-0.1, -0.05) is 127 Å². The summed E-state index contributed by atoms with van der Waals surface area (Å²) in [7, 11) is 0. The third-order valence-electron chi connectivity index (χ3n) is 10.1. The maximum Gasteiger partial charge on any atom is 0.166 e. The van der Waals surface area contributed by atoms with Gasteiger partial charge in [0.25, 0.3) is 0 Å². The number of furan rings is 1. The Morgan fingerprint density at radius 1 is 0.373 bits per heavy atom. The predicted molar refractivity (Wildman–Crippen MR) is 209 cm³/mol. The molecular weight excluding hydrogens is 625 g/mol. The molecule has 5 heteroatoms. The zero-order valence-corrected chi connectivity index (χ0v) is 27.2. The molecule has 0 fully saturated rings. The maximum atomic E-state index is 6.29. The van der Waals surface area contributed by atoms with Crippen molar-refractivity contribution in [3.05, 3.63) is 158 Å². The molecular formula is C46H26N4O. The second-order valence-corrected chi connectivity index (χ2v) is 13.0. The van der Waals surface area contributed by atoms with E-state index >= 15 is 0 Å². The number of fused-ring (bicyclic) bond motifs is 11. The Labute approximate surface area is 291 Å². The minimum Gasteiger partial charge on any atom is -0.456 e. The normalized spacial score (nSPS) is 11.9. The van der Waals surface area contributed by atoms with Crippen molar-refractivity contribution in [3.63, 3.8) is 0 Å². The van der Waals surface area contributed by atoms with E-state index in [0.717, 1.165) is 60.3 Å². The summed E-state index contributed by atoms with van der Waals surface area (Å²) in [6, 6.07) is 52.6. The second-order valence-electron chi connectivity index (χ2n) is 13.0. The summed E-state index contributed by atoms with van der Waals surface area (Å²) in [5.41, 5.74) is 5.12. The second kappa shape index (κ2) is 10.8. The summed E-state index contributed by atoms with van der Waals surface area (Å²) in [6.45, 7) is 0. The van der Waals surface area contributed by atoms with E-state index in [1.165, 1.54) is 32.3 Å². The van der Waals surface area contributed by atoms with E-state index in [0.29, 0.717) is 17.5 Å². The van der Waals surface area contributed by atoms with E-state index in [4.69, 9.17) is 24.4 Å². The summed E-state index contributed by atoms with van der Waals surface area (Å²) in [6.07, 6.45) is 1.96. The van der Waals surface area contributed by atoms with Crippen molar-refractivity contribution in [1.82, 2.24) is 19.9 Å². The van der Waals surface area contributed by atoms with Crippen molar-refractivity contribution in [2.45, 2.75) is 0 Å². The van der Waals surface area contributed by atoms with Gasteiger partial charge in [0.2, 0.25) is 0 Å². The van der Waals surface area contributed by atoms with Crippen molar-refractivity contribution in [2.24, 2.45) is 0 Å². The highest BCUT2D eigenvalue weighted by Crippen LogP contribution is 2.39. The standard InChI is InChI=1S/C46H26N4O/c1-3-11-32-27(9-1)19-20-29-21-23-30(25-38(29)32)44-48-45(36-15-8-18-40-42(36)34-13-5-6-17-39(34)51-40)50-46(49-44)37-16-7-14-35-41-31(26-47-43(35)37)24-22-28-10-2-4-12-33(28)41/h1-26H.